The zero-order valence-electron chi connectivity index (χ0n) is 11.1. The molecule has 2 N–H and O–H groups in total. The third-order valence-corrected chi connectivity index (χ3v) is 4.26. The van der Waals surface area contributed by atoms with Crippen molar-refractivity contribution in [3.8, 4) is 0 Å². The van der Waals surface area contributed by atoms with Crippen molar-refractivity contribution in [1.82, 2.24) is 4.90 Å². The first-order chi connectivity index (χ1) is 9.60. The molecule has 1 aromatic carbocycles. The molecule has 20 heavy (non-hydrogen) atoms. The lowest BCUT2D eigenvalue weighted by molar-refractivity contribution is -0.183. The number of nitrogens with zero attached hydrogens (tertiary/aromatic N) is 1. The quantitative estimate of drug-likeness (QED) is 0.794. The number of piperidine rings is 1. The van der Waals surface area contributed by atoms with Gasteiger partial charge in [-0.3, -0.25) is 4.79 Å². The first-order valence-electron chi connectivity index (χ1n) is 6.72. The molecule has 0 saturated carbocycles. The van der Waals surface area contributed by atoms with E-state index in [4.69, 9.17) is 15.2 Å². The number of likely N-dealkylation sites (tertiary alicyclic amines) is 1. The van der Waals surface area contributed by atoms with E-state index in [1.807, 2.05) is 6.07 Å². The first-order valence-corrected chi connectivity index (χ1v) is 7.51. The third-order valence-electron chi connectivity index (χ3n) is 3.76. The molecule has 5 nitrogen and oxygen atoms in total. The summed E-state index contributed by atoms with van der Waals surface area (Å²) in [5.41, 5.74) is 6.93. The van der Waals surface area contributed by atoms with Crippen LogP contribution in [0.15, 0.2) is 22.7 Å². The van der Waals surface area contributed by atoms with Gasteiger partial charge in [0.2, 0.25) is 0 Å². The molecule has 0 atom stereocenters. The molecular formula is C14H17BrN2O3. The Morgan fingerprint density at radius 1 is 1.35 bits per heavy atom. The number of hydrogen-bond donors (Lipinski definition) is 1. The second-order valence-electron chi connectivity index (χ2n) is 5.17. The van der Waals surface area contributed by atoms with Crippen molar-refractivity contribution in [1.29, 1.82) is 0 Å². The Labute approximate surface area is 126 Å². The van der Waals surface area contributed by atoms with E-state index in [0.29, 0.717) is 37.6 Å². The molecule has 2 fully saturated rings. The van der Waals surface area contributed by atoms with Gasteiger partial charge in [-0.2, -0.15) is 0 Å². The van der Waals surface area contributed by atoms with Crippen LogP contribution in [0.1, 0.15) is 23.2 Å². The summed E-state index contributed by atoms with van der Waals surface area (Å²) in [5.74, 6) is -0.670. The minimum absolute atomic E-state index is 0.0676. The SMILES string of the molecule is Nc1ccc(Br)cc1C(=O)N1CCCC2(C1)OCCO2. The maximum atomic E-state index is 12.6. The van der Waals surface area contributed by atoms with Crippen LogP contribution in [0.3, 0.4) is 0 Å². The molecule has 0 unspecified atom stereocenters. The summed E-state index contributed by atoms with van der Waals surface area (Å²) in [4.78, 5) is 14.4. The molecule has 0 bridgehead atoms. The van der Waals surface area contributed by atoms with Crippen molar-refractivity contribution in [3.63, 3.8) is 0 Å². The van der Waals surface area contributed by atoms with E-state index in [2.05, 4.69) is 15.9 Å². The minimum Gasteiger partial charge on any atom is -0.398 e. The number of anilines is 1. The van der Waals surface area contributed by atoms with Gasteiger partial charge in [-0.25, -0.2) is 0 Å². The van der Waals surface area contributed by atoms with Crippen LogP contribution in [-0.4, -0.2) is 42.9 Å². The molecule has 1 spiro atoms. The van der Waals surface area contributed by atoms with E-state index in [1.54, 1.807) is 17.0 Å². The highest BCUT2D eigenvalue weighted by Gasteiger charge is 2.42. The number of benzene rings is 1. The van der Waals surface area contributed by atoms with Crippen LogP contribution < -0.4 is 5.73 Å². The first kappa shape index (κ1) is 13.9. The Hall–Kier alpha value is -1.11. The van der Waals surface area contributed by atoms with Crippen LogP contribution in [0.2, 0.25) is 0 Å². The van der Waals surface area contributed by atoms with Crippen LogP contribution in [-0.2, 0) is 9.47 Å². The fraction of sp³-hybridized carbons (Fsp3) is 0.500. The zero-order chi connectivity index (χ0) is 14.2. The molecule has 3 rings (SSSR count). The number of amides is 1. The summed E-state index contributed by atoms with van der Waals surface area (Å²) in [5, 5.41) is 0. The molecular weight excluding hydrogens is 324 g/mol. The summed E-state index contributed by atoms with van der Waals surface area (Å²) in [6.45, 7) is 2.37. The van der Waals surface area contributed by atoms with Crippen molar-refractivity contribution >= 4 is 27.5 Å². The average molecular weight is 341 g/mol. The third kappa shape index (κ3) is 2.55. The summed E-state index contributed by atoms with van der Waals surface area (Å²) in [6, 6.07) is 5.32. The Morgan fingerprint density at radius 3 is 2.85 bits per heavy atom. The van der Waals surface area contributed by atoms with Crippen molar-refractivity contribution in [2.24, 2.45) is 0 Å². The zero-order valence-corrected chi connectivity index (χ0v) is 12.7. The predicted molar refractivity (Wildman–Crippen MR) is 78.3 cm³/mol. The van der Waals surface area contributed by atoms with Crippen LogP contribution in [0.25, 0.3) is 0 Å². The average Bonchev–Trinajstić information content (AvgIpc) is 2.88. The van der Waals surface area contributed by atoms with E-state index in [0.717, 1.165) is 17.3 Å². The maximum absolute atomic E-state index is 12.6. The molecule has 0 radical (unpaired) electrons. The number of carbonyl (C=O) groups excluding carboxylic acids is 1. The number of nitrogen functional groups attached to an aromatic ring is 1. The topological polar surface area (TPSA) is 64.8 Å². The lowest BCUT2D eigenvalue weighted by Crippen LogP contribution is -2.51. The number of carbonyl (C=O) groups is 1. The summed E-state index contributed by atoms with van der Waals surface area (Å²) in [7, 11) is 0. The minimum atomic E-state index is -0.602. The van der Waals surface area contributed by atoms with E-state index in [9.17, 15) is 4.79 Å². The number of nitrogens with two attached hydrogens (primary N) is 1. The number of rotatable bonds is 1. The van der Waals surface area contributed by atoms with Gasteiger partial charge in [0.1, 0.15) is 0 Å². The molecule has 0 aliphatic carbocycles. The number of halogens is 1. The van der Waals surface area contributed by atoms with Crippen LogP contribution in [0.5, 0.6) is 0 Å². The summed E-state index contributed by atoms with van der Waals surface area (Å²) < 4.78 is 12.2. The monoisotopic (exact) mass is 340 g/mol. The molecule has 6 heteroatoms. The van der Waals surface area contributed by atoms with Gasteiger partial charge in [0.05, 0.1) is 25.3 Å². The number of ether oxygens (including phenoxy) is 2. The van der Waals surface area contributed by atoms with E-state index >= 15 is 0 Å². The second kappa shape index (κ2) is 5.35. The highest BCUT2D eigenvalue weighted by atomic mass is 79.9. The lowest BCUT2D eigenvalue weighted by Gasteiger charge is -2.38. The van der Waals surface area contributed by atoms with E-state index in [-0.39, 0.29) is 5.91 Å². The van der Waals surface area contributed by atoms with E-state index < -0.39 is 5.79 Å². The predicted octanol–water partition coefficient (Wildman–Crippen LogP) is 2.01. The van der Waals surface area contributed by atoms with E-state index in [1.165, 1.54) is 0 Å². The summed E-state index contributed by atoms with van der Waals surface area (Å²) >= 11 is 3.37. The van der Waals surface area contributed by atoms with Crippen molar-refractivity contribution < 1.29 is 14.3 Å². The second-order valence-corrected chi connectivity index (χ2v) is 6.09. The largest absolute Gasteiger partial charge is 0.398 e. The van der Waals surface area contributed by atoms with Gasteiger partial charge in [-0.1, -0.05) is 15.9 Å². The maximum Gasteiger partial charge on any atom is 0.256 e. The van der Waals surface area contributed by atoms with Crippen molar-refractivity contribution in [2.45, 2.75) is 18.6 Å². The van der Waals surface area contributed by atoms with Gasteiger partial charge < -0.3 is 20.1 Å². The molecule has 108 valence electrons. The smallest absolute Gasteiger partial charge is 0.256 e. The molecule has 2 saturated heterocycles. The molecule has 2 aliphatic heterocycles. The fourth-order valence-electron chi connectivity index (χ4n) is 2.78. The highest BCUT2D eigenvalue weighted by Crippen LogP contribution is 2.31. The normalized spacial score (nSPS) is 21.4. The molecule has 2 aliphatic rings. The van der Waals surface area contributed by atoms with Gasteiger partial charge in [0, 0.05) is 23.1 Å². The van der Waals surface area contributed by atoms with Crippen LogP contribution in [0, 0.1) is 0 Å². The summed E-state index contributed by atoms with van der Waals surface area (Å²) in [6.07, 6.45) is 1.71. The Balaban J connectivity index is 1.81. The van der Waals surface area contributed by atoms with Crippen molar-refractivity contribution in [2.75, 3.05) is 32.0 Å². The van der Waals surface area contributed by atoms with Crippen LogP contribution in [0.4, 0.5) is 5.69 Å². The number of hydrogen-bond acceptors (Lipinski definition) is 4. The highest BCUT2D eigenvalue weighted by molar-refractivity contribution is 9.10. The lowest BCUT2D eigenvalue weighted by atomic mass is 10.0. The van der Waals surface area contributed by atoms with Gasteiger partial charge in [-0.15, -0.1) is 0 Å². The Bertz CT molecular complexity index is 529. The standard InChI is InChI=1S/C14H17BrN2O3/c15-10-2-3-12(16)11(8-10)13(18)17-5-1-4-14(9-17)19-6-7-20-14/h2-3,8H,1,4-7,9,16H2. The Morgan fingerprint density at radius 2 is 2.10 bits per heavy atom. The molecule has 0 aromatic heterocycles. The van der Waals surface area contributed by atoms with Gasteiger partial charge in [0.15, 0.2) is 5.79 Å². The van der Waals surface area contributed by atoms with Gasteiger partial charge >= 0.3 is 0 Å². The fourth-order valence-corrected chi connectivity index (χ4v) is 3.14. The molecule has 2 heterocycles. The van der Waals surface area contributed by atoms with Crippen molar-refractivity contribution in [3.05, 3.63) is 28.2 Å². The molecule has 1 amide bonds. The Kier molecular flexibility index (Phi) is 3.70. The van der Waals surface area contributed by atoms with Gasteiger partial charge in [-0.05, 0) is 24.6 Å². The molecule has 1 aromatic rings. The van der Waals surface area contributed by atoms with Crippen LogP contribution >= 0.6 is 15.9 Å². The van der Waals surface area contributed by atoms with Gasteiger partial charge in [0.25, 0.3) is 5.91 Å².